The van der Waals surface area contributed by atoms with Crippen LogP contribution in [0.15, 0.2) is 36.7 Å². The number of ether oxygens (including phenoxy) is 7. The third-order valence-electron chi connectivity index (χ3n) is 11.8. The Morgan fingerprint density at radius 2 is 1.53 bits per heavy atom. The summed E-state index contributed by atoms with van der Waals surface area (Å²) < 4.78 is 40.6. The van der Waals surface area contributed by atoms with Crippen LogP contribution in [0.3, 0.4) is 0 Å². The molecule has 1 N–H and O–H groups in total. The summed E-state index contributed by atoms with van der Waals surface area (Å²) in [5.74, 6) is -1.77. The van der Waals surface area contributed by atoms with E-state index < -0.39 is 54.6 Å². The van der Waals surface area contributed by atoms with Gasteiger partial charge in [-0.2, -0.15) is 0 Å². The van der Waals surface area contributed by atoms with Crippen LogP contribution in [0.5, 0.6) is 5.88 Å². The summed E-state index contributed by atoms with van der Waals surface area (Å²) in [5, 5.41) is 7.61. The van der Waals surface area contributed by atoms with E-state index in [1.807, 2.05) is 13.8 Å². The van der Waals surface area contributed by atoms with Gasteiger partial charge in [-0.05, 0) is 107 Å². The number of nitrogens with zero attached hydrogens (tertiary/aromatic N) is 3. The Morgan fingerprint density at radius 3 is 2.11 bits per heavy atom. The molecule has 3 saturated heterocycles. The normalized spacial score (nSPS) is 23.0. The van der Waals surface area contributed by atoms with Crippen LogP contribution in [0.25, 0.3) is 6.08 Å². The topological polar surface area (TPSA) is 168 Å². The van der Waals surface area contributed by atoms with Crippen LogP contribution in [-0.4, -0.2) is 120 Å². The van der Waals surface area contributed by atoms with Crippen molar-refractivity contribution >= 4 is 30.0 Å². The average molecular weight is 865 g/mol. The molecule has 0 bridgehead atoms. The van der Waals surface area contributed by atoms with Gasteiger partial charge in [0.1, 0.15) is 18.3 Å². The van der Waals surface area contributed by atoms with Crippen LogP contribution in [0.2, 0.25) is 0 Å². The molecule has 3 aliphatic heterocycles. The number of nitrogens with one attached hydrogen (secondary N) is 1. The van der Waals surface area contributed by atoms with E-state index in [9.17, 15) is 19.2 Å². The van der Waals surface area contributed by atoms with E-state index in [2.05, 4.69) is 84.6 Å². The molecule has 5 rings (SSSR count). The molecule has 15 heteroatoms. The Morgan fingerprint density at radius 1 is 0.919 bits per heavy atom. The van der Waals surface area contributed by atoms with Crippen molar-refractivity contribution in [1.29, 1.82) is 0 Å². The number of hydrogen-bond acceptors (Lipinski definition) is 14. The molecule has 1 aromatic carbocycles. The number of H-pyrrole nitrogens is 1. The molecule has 3 aliphatic rings. The number of aromatic amines is 1. The molecule has 4 heterocycles. The van der Waals surface area contributed by atoms with Gasteiger partial charge in [-0.15, -0.1) is 5.10 Å². The highest BCUT2D eigenvalue weighted by atomic mass is 16.7. The first-order chi connectivity index (χ1) is 29.2. The van der Waals surface area contributed by atoms with Gasteiger partial charge >= 0.3 is 23.9 Å². The summed E-state index contributed by atoms with van der Waals surface area (Å²) in [6.45, 7) is 26.2. The molecule has 0 aliphatic carbocycles. The molecule has 1 aromatic heterocycles. The Bertz CT molecular complexity index is 1920. The zero-order valence-electron chi connectivity index (χ0n) is 38.4. The molecule has 0 amide bonds. The van der Waals surface area contributed by atoms with Crippen LogP contribution < -0.4 is 4.74 Å². The fourth-order valence-electron chi connectivity index (χ4n) is 8.59. The SMILES string of the molecule is C=C(OC(C)(C)C)N1CCC2(CCN(CCC=Cc3ccc(Cc4c(OC5OC(COC(C)=O)C(OC(C)=O)C(OC(C)=O)C5OC(C)=O)n[nH]c4C(C)C)c(C)c3)CC2)CC1. The van der Waals surface area contributed by atoms with Crippen molar-refractivity contribution in [2.24, 2.45) is 5.41 Å². The molecule has 342 valence electrons. The first kappa shape index (κ1) is 48.1. The van der Waals surface area contributed by atoms with Gasteiger partial charge in [0, 0.05) is 65.0 Å². The van der Waals surface area contributed by atoms with Gasteiger partial charge in [0.25, 0.3) is 0 Å². The van der Waals surface area contributed by atoms with Crippen molar-refractivity contribution in [3.63, 3.8) is 0 Å². The minimum atomic E-state index is -1.41. The van der Waals surface area contributed by atoms with Crippen LogP contribution in [-0.2, 0) is 54.0 Å². The van der Waals surface area contributed by atoms with E-state index in [4.69, 9.17) is 33.2 Å². The molecule has 0 radical (unpaired) electrons. The van der Waals surface area contributed by atoms with Gasteiger partial charge in [-0.1, -0.05) is 44.2 Å². The maximum absolute atomic E-state index is 12.4. The van der Waals surface area contributed by atoms with Crippen molar-refractivity contribution in [2.75, 3.05) is 39.3 Å². The van der Waals surface area contributed by atoms with E-state index >= 15 is 0 Å². The number of rotatable bonds is 16. The summed E-state index contributed by atoms with van der Waals surface area (Å²) in [6.07, 6.45) is 4.11. The summed E-state index contributed by atoms with van der Waals surface area (Å²) in [7, 11) is 0. The van der Waals surface area contributed by atoms with E-state index in [0.29, 0.717) is 11.8 Å². The standard InChI is InChI=1S/C47H68N4O11/c1-29(2)40-38(44(49-48-40)61-45-43(59-35(8)55)42(58-34(7)54)41(57-33(6)53)39(60-45)28-56-32(5)52)27-37-16-15-36(26-30(37)3)14-12-13-21-50-22-17-47(18-23-50)19-24-51(25-20-47)31(4)62-46(9,10)11/h12,14-16,26,29,39,41-43,45H,4,13,17-25,27-28H2,1-3,5-11H3,(H,48,49). The molecule has 5 unspecified atom stereocenters. The van der Waals surface area contributed by atoms with Crippen molar-refractivity contribution < 1.29 is 52.3 Å². The Labute approximate surface area is 366 Å². The first-order valence-electron chi connectivity index (χ1n) is 21.9. The maximum atomic E-state index is 12.4. The zero-order valence-corrected chi connectivity index (χ0v) is 38.4. The number of hydrogen-bond donors (Lipinski definition) is 1. The van der Waals surface area contributed by atoms with Crippen molar-refractivity contribution in [3.8, 4) is 5.88 Å². The molecule has 1 spiro atoms. The van der Waals surface area contributed by atoms with Gasteiger partial charge in [0.2, 0.25) is 18.3 Å². The lowest BCUT2D eigenvalue weighted by Gasteiger charge is -2.47. The van der Waals surface area contributed by atoms with Crippen LogP contribution in [0, 0.1) is 12.3 Å². The van der Waals surface area contributed by atoms with Gasteiger partial charge in [-0.3, -0.25) is 24.3 Å². The summed E-state index contributed by atoms with van der Waals surface area (Å²) in [5.41, 5.74) is 5.04. The number of esters is 4. The molecular weight excluding hydrogens is 797 g/mol. The highest BCUT2D eigenvalue weighted by molar-refractivity contribution is 5.69. The second-order valence-corrected chi connectivity index (χ2v) is 18.3. The lowest BCUT2D eigenvalue weighted by molar-refractivity contribution is -0.289. The van der Waals surface area contributed by atoms with E-state index in [-0.39, 0.29) is 24.0 Å². The average Bonchev–Trinajstić information content (AvgIpc) is 3.57. The summed E-state index contributed by atoms with van der Waals surface area (Å²) >= 11 is 0. The van der Waals surface area contributed by atoms with Crippen molar-refractivity contribution in [3.05, 3.63) is 64.7 Å². The quantitative estimate of drug-likeness (QED) is 0.107. The van der Waals surface area contributed by atoms with E-state index in [1.54, 1.807) is 0 Å². The van der Waals surface area contributed by atoms with Gasteiger partial charge in [-0.25, -0.2) is 0 Å². The minimum absolute atomic E-state index is 0.0326. The smallest absolute Gasteiger partial charge is 0.303 e. The predicted molar refractivity (Wildman–Crippen MR) is 232 cm³/mol. The third kappa shape index (κ3) is 13.3. The minimum Gasteiger partial charge on any atom is -0.474 e. The zero-order chi connectivity index (χ0) is 45.4. The monoisotopic (exact) mass is 864 g/mol. The van der Waals surface area contributed by atoms with Crippen molar-refractivity contribution in [1.82, 2.24) is 20.0 Å². The molecular formula is C47H68N4O11. The van der Waals surface area contributed by atoms with Crippen LogP contribution in [0.4, 0.5) is 0 Å². The molecule has 3 fully saturated rings. The number of carbonyl (C=O) groups is 4. The van der Waals surface area contributed by atoms with Crippen LogP contribution in [0.1, 0.15) is 128 Å². The number of likely N-dealkylation sites (tertiary alicyclic amines) is 2. The van der Waals surface area contributed by atoms with Crippen molar-refractivity contribution in [2.45, 2.75) is 150 Å². The van der Waals surface area contributed by atoms with Gasteiger partial charge in [0.05, 0.1) is 0 Å². The molecule has 0 saturated carbocycles. The third-order valence-corrected chi connectivity index (χ3v) is 11.8. The predicted octanol–water partition coefficient (Wildman–Crippen LogP) is 6.76. The fraction of sp³-hybridized carbons (Fsp3) is 0.638. The second kappa shape index (κ2) is 21.0. The summed E-state index contributed by atoms with van der Waals surface area (Å²) in [4.78, 5) is 53.7. The lowest BCUT2D eigenvalue weighted by Crippen LogP contribution is -2.63. The number of benzene rings is 1. The van der Waals surface area contributed by atoms with E-state index in [0.717, 1.165) is 73.0 Å². The van der Waals surface area contributed by atoms with E-state index in [1.165, 1.54) is 53.4 Å². The number of piperidine rings is 2. The lowest BCUT2D eigenvalue weighted by atomic mass is 9.71. The molecule has 15 nitrogen and oxygen atoms in total. The maximum Gasteiger partial charge on any atom is 0.303 e. The molecule has 2 aromatic rings. The second-order valence-electron chi connectivity index (χ2n) is 18.3. The summed E-state index contributed by atoms with van der Waals surface area (Å²) in [6, 6.07) is 6.37. The van der Waals surface area contributed by atoms with Gasteiger partial charge < -0.3 is 43.0 Å². The van der Waals surface area contributed by atoms with Gasteiger partial charge in [0.15, 0.2) is 18.1 Å². The number of aryl methyl sites for hydroxylation is 1. The highest BCUT2D eigenvalue weighted by Crippen LogP contribution is 2.42. The van der Waals surface area contributed by atoms with Crippen LogP contribution >= 0.6 is 0 Å². The number of carbonyl (C=O) groups excluding carboxylic acids is 4. The highest BCUT2D eigenvalue weighted by Gasteiger charge is 2.54. The molecule has 62 heavy (non-hydrogen) atoms. The Hall–Kier alpha value is -4.89. The Kier molecular flexibility index (Phi) is 16.3. The Balaban J connectivity index is 1.23. The number of aromatic nitrogens is 2. The fourth-order valence-corrected chi connectivity index (χ4v) is 8.59. The first-order valence-corrected chi connectivity index (χ1v) is 21.9. The molecule has 5 atom stereocenters. The largest absolute Gasteiger partial charge is 0.474 e.